The minimum absolute atomic E-state index is 0.0684. The zero-order valence-corrected chi connectivity index (χ0v) is 17.7. The van der Waals surface area contributed by atoms with E-state index < -0.39 is 24.0 Å². The number of carboxylic acids is 1. The maximum Gasteiger partial charge on any atom is 0.407 e. The number of aromatic hydroxyl groups is 1. The average Bonchev–Trinajstić information content (AvgIpc) is 3.12. The molecule has 3 aromatic rings. The first-order valence-corrected chi connectivity index (χ1v) is 10.3. The van der Waals surface area contributed by atoms with E-state index in [1.165, 1.54) is 19.1 Å². The van der Waals surface area contributed by atoms with E-state index in [0.29, 0.717) is 0 Å². The number of anilines is 1. The van der Waals surface area contributed by atoms with Gasteiger partial charge < -0.3 is 25.6 Å². The van der Waals surface area contributed by atoms with Crippen molar-refractivity contribution >= 4 is 23.7 Å². The molecule has 3 aromatic carbocycles. The summed E-state index contributed by atoms with van der Waals surface area (Å²) in [5.41, 5.74) is 4.20. The molecule has 0 fully saturated rings. The van der Waals surface area contributed by atoms with Crippen molar-refractivity contribution in [3.8, 4) is 16.9 Å². The van der Waals surface area contributed by atoms with Crippen LogP contribution >= 0.6 is 0 Å². The number of phenolic OH excluding ortho intramolecular Hbond substituents is 1. The van der Waals surface area contributed by atoms with Crippen molar-refractivity contribution in [2.45, 2.75) is 18.9 Å². The SMILES string of the molecule is C[C@H](NC(=O)OCC1c2ccccc2-c2ccccc21)C(=O)Nc1cc(C(=O)O)ccc1O. The van der Waals surface area contributed by atoms with Gasteiger partial charge in [0, 0.05) is 5.92 Å². The van der Waals surface area contributed by atoms with Gasteiger partial charge in [0.15, 0.2) is 0 Å². The van der Waals surface area contributed by atoms with Crippen molar-refractivity contribution in [2.24, 2.45) is 0 Å². The van der Waals surface area contributed by atoms with Gasteiger partial charge in [-0.1, -0.05) is 48.5 Å². The average molecular weight is 446 g/mol. The Morgan fingerprint density at radius 1 is 0.970 bits per heavy atom. The first kappa shape index (κ1) is 21.9. The molecule has 1 aliphatic carbocycles. The second-order valence-electron chi connectivity index (χ2n) is 7.72. The number of carbonyl (C=O) groups excluding carboxylic acids is 2. The molecule has 4 N–H and O–H groups in total. The van der Waals surface area contributed by atoms with Crippen molar-refractivity contribution in [2.75, 3.05) is 11.9 Å². The Morgan fingerprint density at radius 2 is 1.58 bits per heavy atom. The summed E-state index contributed by atoms with van der Waals surface area (Å²) in [6.45, 7) is 1.56. The van der Waals surface area contributed by atoms with Crippen molar-refractivity contribution in [1.29, 1.82) is 0 Å². The Kier molecular flexibility index (Phi) is 5.99. The summed E-state index contributed by atoms with van der Waals surface area (Å²) in [6.07, 6.45) is -0.761. The highest BCUT2D eigenvalue weighted by molar-refractivity contribution is 5.99. The number of hydrogen-bond acceptors (Lipinski definition) is 5. The molecule has 0 saturated heterocycles. The molecule has 33 heavy (non-hydrogen) atoms. The lowest BCUT2D eigenvalue weighted by Gasteiger charge is -2.17. The Balaban J connectivity index is 1.37. The van der Waals surface area contributed by atoms with Gasteiger partial charge in [0.2, 0.25) is 5.91 Å². The number of benzene rings is 3. The third-order valence-corrected chi connectivity index (χ3v) is 5.57. The highest BCUT2D eigenvalue weighted by atomic mass is 16.5. The third kappa shape index (κ3) is 4.50. The predicted octanol–water partition coefficient (Wildman–Crippen LogP) is 3.96. The predicted molar refractivity (Wildman–Crippen MR) is 121 cm³/mol. The number of fused-ring (bicyclic) bond motifs is 3. The maximum absolute atomic E-state index is 12.4. The number of aromatic carboxylic acids is 1. The number of carboxylic acid groups (broad SMARTS) is 1. The van der Waals surface area contributed by atoms with Crippen LogP contribution in [0, 0.1) is 0 Å². The summed E-state index contributed by atoms with van der Waals surface area (Å²) in [7, 11) is 0. The molecule has 0 saturated carbocycles. The minimum atomic E-state index is -1.20. The molecule has 0 aromatic heterocycles. The van der Waals surface area contributed by atoms with Gasteiger partial charge in [0.25, 0.3) is 0 Å². The van der Waals surface area contributed by atoms with Crippen molar-refractivity contribution < 1.29 is 29.3 Å². The first-order chi connectivity index (χ1) is 15.8. The Morgan fingerprint density at radius 3 is 2.18 bits per heavy atom. The molecule has 8 nitrogen and oxygen atoms in total. The molecular weight excluding hydrogens is 424 g/mol. The van der Waals surface area contributed by atoms with E-state index in [2.05, 4.69) is 10.6 Å². The fourth-order valence-corrected chi connectivity index (χ4v) is 3.89. The summed E-state index contributed by atoms with van der Waals surface area (Å²) >= 11 is 0. The minimum Gasteiger partial charge on any atom is -0.506 e. The number of amides is 2. The number of phenols is 1. The van der Waals surface area contributed by atoms with E-state index in [1.807, 2.05) is 48.5 Å². The van der Waals surface area contributed by atoms with Crippen LogP contribution in [-0.2, 0) is 9.53 Å². The van der Waals surface area contributed by atoms with Gasteiger partial charge in [-0.05, 0) is 47.4 Å². The molecule has 0 radical (unpaired) electrons. The smallest absolute Gasteiger partial charge is 0.407 e. The summed E-state index contributed by atoms with van der Waals surface area (Å²) in [5, 5.41) is 23.8. The van der Waals surface area contributed by atoms with Crippen LogP contribution in [0.3, 0.4) is 0 Å². The Bertz CT molecular complexity index is 1190. The second kappa shape index (κ2) is 9.04. The topological polar surface area (TPSA) is 125 Å². The third-order valence-electron chi connectivity index (χ3n) is 5.57. The van der Waals surface area contributed by atoms with Crippen molar-refractivity contribution in [3.63, 3.8) is 0 Å². The molecule has 168 valence electrons. The van der Waals surface area contributed by atoms with Crippen LogP contribution in [-0.4, -0.2) is 40.8 Å². The number of hydrogen-bond donors (Lipinski definition) is 4. The van der Waals surface area contributed by atoms with Crippen molar-refractivity contribution in [1.82, 2.24) is 5.32 Å². The number of ether oxygens (including phenoxy) is 1. The molecule has 0 bridgehead atoms. The second-order valence-corrected chi connectivity index (χ2v) is 7.72. The zero-order chi connectivity index (χ0) is 23.5. The monoisotopic (exact) mass is 446 g/mol. The molecule has 1 aliphatic rings. The lowest BCUT2D eigenvalue weighted by Crippen LogP contribution is -2.42. The highest BCUT2D eigenvalue weighted by Gasteiger charge is 2.29. The van der Waals surface area contributed by atoms with Crippen LogP contribution in [0.1, 0.15) is 34.3 Å². The van der Waals surface area contributed by atoms with Crippen LogP contribution < -0.4 is 10.6 Å². The summed E-state index contributed by atoms with van der Waals surface area (Å²) in [4.78, 5) is 35.9. The largest absolute Gasteiger partial charge is 0.506 e. The van der Waals surface area contributed by atoms with Gasteiger partial charge in [0.05, 0.1) is 11.3 Å². The highest BCUT2D eigenvalue weighted by Crippen LogP contribution is 2.44. The molecule has 0 heterocycles. The lowest BCUT2D eigenvalue weighted by atomic mass is 9.98. The standard InChI is InChI=1S/C25H22N2O6/c1-14(23(29)27-21-12-15(24(30)31)10-11-22(21)28)26-25(32)33-13-20-18-8-4-2-6-16(18)17-7-3-5-9-19(17)20/h2-12,14,20,28H,13H2,1H3,(H,26,32)(H,27,29)(H,30,31)/t14-/m0/s1. The van der Waals surface area contributed by atoms with E-state index in [-0.39, 0.29) is 29.5 Å². The molecule has 1 atom stereocenters. The van der Waals surface area contributed by atoms with Crippen LogP contribution in [0.25, 0.3) is 11.1 Å². The normalized spacial score (nSPS) is 12.9. The van der Waals surface area contributed by atoms with Crippen LogP contribution in [0.5, 0.6) is 5.75 Å². The van der Waals surface area contributed by atoms with Gasteiger partial charge in [-0.2, -0.15) is 0 Å². The Labute approximate surface area is 189 Å². The summed E-state index contributed by atoms with van der Waals surface area (Å²) in [6, 6.07) is 18.4. The van der Waals surface area contributed by atoms with Gasteiger partial charge in [-0.15, -0.1) is 0 Å². The van der Waals surface area contributed by atoms with E-state index in [1.54, 1.807) is 0 Å². The fraction of sp³-hybridized carbons (Fsp3) is 0.160. The van der Waals surface area contributed by atoms with Gasteiger partial charge in [0.1, 0.15) is 18.4 Å². The quantitative estimate of drug-likeness (QED) is 0.425. The van der Waals surface area contributed by atoms with Gasteiger partial charge in [-0.25, -0.2) is 9.59 Å². The first-order valence-electron chi connectivity index (χ1n) is 10.3. The lowest BCUT2D eigenvalue weighted by molar-refractivity contribution is -0.117. The molecule has 2 amide bonds. The van der Waals surface area contributed by atoms with Crippen LogP contribution in [0.2, 0.25) is 0 Å². The fourth-order valence-electron chi connectivity index (χ4n) is 3.89. The van der Waals surface area contributed by atoms with E-state index in [4.69, 9.17) is 9.84 Å². The molecule has 8 heteroatoms. The molecular formula is C25H22N2O6. The van der Waals surface area contributed by atoms with E-state index >= 15 is 0 Å². The molecule has 0 aliphatic heterocycles. The maximum atomic E-state index is 12.4. The van der Waals surface area contributed by atoms with Gasteiger partial charge in [-0.3, -0.25) is 4.79 Å². The zero-order valence-electron chi connectivity index (χ0n) is 17.7. The van der Waals surface area contributed by atoms with E-state index in [0.717, 1.165) is 28.3 Å². The molecule has 0 spiro atoms. The summed E-state index contributed by atoms with van der Waals surface area (Å²) < 4.78 is 5.43. The van der Waals surface area contributed by atoms with Crippen molar-refractivity contribution in [3.05, 3.63) is 83.4 Å². The Hall–Kier alpha value is -4.33. The number of carbonyl (C=O) groups is 3. The van der Waals surface area contributed by atoms with E-state index in [9.17, 15) is 19.5 Å². The number of alkyl carbamates (subject to hydrolysis) is 1. The van der Waals surface area contributed by atoms with Crippen LogP contribution in [0.4, 0.5) is 10.5 Å². The summed E-state index contributed by atoms with van der Waals surface area (Å²) in [5.74, 6) is -2.23. The number of nitrogens with one attached hydrogen (secondary N) is 2. The number of rotatable bonds is 6. The molecule has 0 unspecified atom stereocenters. The van der Waals surface area contributed by atoms with Crippen LogP contribution in [0.15, 0.2) is 66.7 Å². The molecule has 4 rings (SSSR count). The van der Waals surface area contributed by atoms with Gasteiger partial charge >= 0.3 is 12.1 Å².